The molecule has 0 bridgehead atoms. The zero-order valence-electron chi connectivity index (χ0n) is 17.4. The van der Waals surface area contributed by atoms with Crippen LogP contribution in [0.5, 0.6) is 0 Å². The Kier molecular flexibility index (Phi) is 6.30. The summed E-state index contributed by atoms with van der Waals surface area (Å²) >= 11 is 0. The van der Waals surface area contributed by atoms with Crippen LogP contribution >= 0.6 is 0 Å². The topological polar surface area (TPSA) is 25.8 Å². The average molecular weight is 436 g/mol. The summed E-state index contributed by atoms with van der Waals surface area (Å²) in [5.74, 6) is -3.94. The Morgan fingerprint density at radius 1 is 0.625 bits per heavy atom. The largest absolute Gasteiger partial charge is 0.236 e. The molecule has 0 aliphatic heterocycles. The molecular formula is C26H20F4N2. The number of hydrogen-bond donors (Lipinski definition) is 0. The number of aromatic nitrogens is 2. The van der Waals surface area contributed by atoms with E-state index in [-0.39, 0.29) is 17.0 Å². The smallest absolute Gasteiger partial charge is 0.159 e. The van der Waals surface area contributed by atoms with E-state index in [0.717, 1.165) is 60.7 Å². The number of unbranched alkanes of at least 4 members (excludes halogenated alkanes) is 1. The molecule has 4 rings (SSSR count). The fourth-order valence-corrected chi connectivity index (χ4v) is 3.50. The first-order valence-corrected chi connectivity index (χ1v) is 10.3. The molecule has 0 amide bonds. The van der Waals surface area contributed by atoms with E-state index in [1.807, 2.05) is 12.1 Å². The first-order valence-electron chi connectivity index (χ1n) is 10.3. The maximum atomic E-state index is 14.7. The van der Waals surface area contributed by atoms with Gasteiger partial charge in [0.2, 0.25) is 0 Å². The number of aryl methyl sites for hydroxylation is 1. The van der Waals surface area contributed by atoms with Crippen molar-refractivity contribution in [1.82, 2.24) is 9.97 Å². The molecule has 162 valence electrons. The van der Waals surface area contributed by atoms with Crippen molar-refractivity contribution in [2.75, 3.05) is 0 Å². The van der Waals surface area contributed by atoms with Crippen LogP contribution in [0.3, 0.4) is 0 Å². The number of nitrogens with zero attached hydrogens (tertiary/aromatic N) is 2. The zero-order chi connectivity index (χ0) is 22.7. The molecule has 1 aromatic heterocycles. The Morgan fingerprint density at radius 3 is 1.81 bits per heavy atom. The van der Waals surface area contributed by atoms with Crippen molar-refractivity contribution in [2.24, 2.45) is 0 Å². The van der Waals surface area contributed by atoms with E-state index in [1.165, 1.54) is 5.56 Å². The molecule has 0 aliphatic carbocycles. The van der Waals surface area contributed by atoms with Crippen LogP contribution in [0.2, 0.25) is 0 Å². The maximum absolute atomic E-state index is 14.7. The molecule has 2 nitrogen and oxygen atoms in total. The third kappa shape index (κ3) is 4.54. The highest BCUT2D eigenvalue weighted by molar-refractivity contribution is 5.70. The van der Waals surface area contributed by atoms with Gasteiger partial charge in [0.15, 0.2) is 17.5 Å². The summed E-state index contributed by atoms with van der Waals surface area (Å²) in [6.07, 6.45) is 6.51. The van der Waals surface area contributed by atoms with Gasteiger partial charge in [0.05, 0.1) is 5.56 Å². The molecule has 0 fully saturated rings. The zero-order valence-corrected chi connectivity index (χ0v) is 17.4. The summed E-state index contributed by atoms with van der Waals surface area (Å²) < 4.78 is 56.0. The highest BCUT2D eigenvalue weighted by atomic mass is 19.2. The van der Waals surface area contributed by atoms with Crippen LogP contribution in [0.25, 0.3) is 33.6 Å². The second-order valence-electron chi connectivity index (χ2n) is 7.54. The number of rotatable bonds is 6. The molecule has 32 heavy (non-hydrogen) atoms. The summed E-state index contributed by atoms with van der Waals surface area (Å²) in [6, 6.07) is 13.0. The SMILES string of the molecule is CCCCc1ccc(-c2cnc(-c3cc(F)c(-c4ccc(F)c(F)c4)c(F)c3)nc2)cc1. The van der Waals surface area contributed by atoms with Crippen LogP contribution in [0.4, 0.5) is 17.6 Å². The summed E-state index contributed by atoms with van der Waals surface area (Å²) in [5, 5.41) is 0. The Bertz CT molecular complexity index is 1210. The van der Waals surface area contributed by atoms with Crippen LogP contribution in [-0.2, 0) is 6.42 Å². The number of benzene rings is 3. The van der Waals surface area contributed by atoms with Crippen molar-refractivity contribution in [3.63, 3.8) is 0 Å². The lowest BCUT2D eigenvalue weighted by molar-refractivity contribution is 0.508. The van der Waals surface area contributed by atoms with E-state index in [9.17, 15) is 17.6 Å². The maximum Gasteiger partial charge on any atom is 0.159 e. The minimum Gasteiger partial charge on any atom is -0.236 e. The van der Waals surface area contributed by atoms with Crippen molar-refractivity contribution in [1.29, 1.82) is 0 Å². The van der Waals surface area contributed by atoms with Gasteiger partial charge < -0.3 is 0 Å². The molecule has 0 saturated heterocycles. The molecule has 6 heteroatoms. The first-order chi connectivity index (χ1) is 15.5. The van der Waals surface area contributed by atoms with Crippen molar-refractivity contribution in [3.8, 4) is 33.6 Å². The molecule has 0 N–H and O–H groups in total. The quantitative estimate of drug-likeness (QED) is 0.295. The second-order valence-corrected chi connectivity index (χ2v) is 7.54. The van der Waals surface area contributed by atoms with Gasteiger partial charge in [0.25, 0.3) is 0 Å². The Hall–Kier alpha value is -3.54. The predicted molar refractivity (Wildman–Crippen MR) is 117 cm³/mol. The molecule has 0 atom stereocenters. The van der Waals surface area contributed by atoms with Crippen molar-refractivity contribution in [3.05, 3.63) is 95.8 Å². The van der Waals surface area contributed by atoms with E-state index in [1.54, 1.807) is 12.4 Å². The molecule has 0 aliphatic rings. The lowest BCUT2D eigenvalue weighted by atomic mass is 10.0. The van der Waals surface area contributed by atoms with Gasteiger partial charge in [-0.25, -0.2) is 27.5 Å². The molecule has 1 heterocycles. The standard InChI is InChI=1S/C26H20F4N2/c1-2-3-4-16-5-7-17(8-6-16)20-14-31-26(32-15-20)19-12-23(29)25(24(30)13-19)18-9-10-21(27)22(28)11-18/h5-15H,2-4H2,1H3. The Morgan fingerprint density at radius 2 is 1.22 bits per heavy atom. The van der Waals surface area contributed by atoms with Crippen molar-refractivity contribution >= 4 is 0 Å². The van der Waals surface area contributed by atoms with Gasteiger partial charge in [-0.3, -0.25) is 0 Å². The molecule has 0 saturated carbocycles. The fourth-order valence-electron chi connectivity index (χ4n) is 3.50. The summed E-state index contributed by atoms with van der Waals surface area (Å²) in [7, 11) is 0. The lowest BCUT2D eigenvalue weighted by Gasteiger charge is -2.09. The molecule has 0 spiro atoms. The second kappa shape index (κ2) is 9.30. The van der Waals surface area contributed by atoms with Crippen molar-refractivity contribution < 1.29 is 17.6 Å². The van der Waals surface area contributed by atoms with Crippen molar-refractivity contribution in [2.45, 2.75) is 26.2 Å². The van der Waals surface area contributed by atoms with Gasteiger partial charge in [-0.2, -0.15) is 0 Å². The lowest BCUT2D eigenvalue weighted by Crippen LogP contribution is -1.96. The minimum atomic E-state index is -1.18. The molecular weight excluding hydrogens is 416 g/mol. The highest BCUT2D eigenvalue weighted by Gasteiger charge is 2.17. The van der Waals surface area contributed by atoms with E-state index in [0.29, 0.717) is 0 Å². The molecule has 3 aromatic carbocycles. The van der Waals surface area contributed by atoms with Gasteiger partial charge in [0.1, 0.15) is 11.6 Å². The van der Waals surface area contributed by atoms with Crippen LogP contribution in [0, 0.1) is 23.3 Å². The van der Waals surface area contributed by atoms with E-state index < -0.39 is 28.8 Å². The predicted octanol–water partition coefficient (Wildman–Crippen LogP) is 7.38. The number of hydrogen-bond acceptors (Lipinski definition) is 2. The summed E-state index contributed by atoms with van der Waals surface area (Å²) in [6.45, 7) is 2.15. The van der Waals surface area contributed by atoms with Crippen LogP contribution in [0.1, 0.15) is 25.3 Å². The van der Waals surface area contributed by atoms with Gasteiger partial charge in [0, 0.05) is 23.5 Å². The molecule has 0 radical (unpaired) electrons. The normalized spacial score (nSPS) is 11.0. The summed E-state index contributed by atoms with van der Waals surface area (Å²) in [4.78, 5) is 8.51. The average Bonchev–Trinajstić information content (AvgIpc) is 2.80. The van der Waals surface area contributed by atoms with E-state index in [2.05, 4.69) is 29.0 Å². The first kappa shape index (κ1) is 21.7. The van der Waals surface area contributed by atoms with Gasteiger partial charge in [-0.05, 0) is 53.8 Å². The number of halogens is 4. The van der Waals surface area contributed by atoms with Gasteiger partial charge in [-0.15, -0.1) is 0 Å². The van der Waals surface area contributed by atoms with Crippen LogP contribution in [-0.4, -0.2) is 9.97 Å². The third-order valence-electron chi connectivity index (χ3n) is 5.27. The fraction of sp³-hybridized carbons (Fsp3) is 0.154. The molecule has 4 aromatic rings. The highest BCUT2D eigenvalue weighted by Crippen LogP contribution is 2.31. The van der Waals surface area contributed by atoms with Crippen LogP contribution in [0.15, 0.2) is 67.0 Å². The Balaban J connectivity index is 1.59. The van der Waals surface area contributed by atoms with Crippen LogP contribution < -0.4 is 0 Å². The Labute approximate surface area is 183 Å². The third-order valence-corrected chi connectivity index (χ3v) is 5.27. The minimum absolute atomic E-state index is 0.0934. The van der Waals surface area contributed by atoms with Gasteiger partial charge in [-0.1, -0.05) is 43.7 Å². The van der Waals surface area contributed by atoms with Gasteiger partial charge >= 0.3 is 0 Å². The van der Waals surface area contributed by atoms with E-state index in [4.69, 9.17) is 0 Å². The molecule has 0 unspecified atom stereocenters. The van der Waals surface area contributed by atoms with E-state index >= 15 is 0 Å². The monoisotopic (exact) mass is 436 g/mol. The summed E-state index contributed by atoms with van der Waals surface area (Å²) in [5.41, 5.74) is 2.61.